The summed E-state index contributed by atoms with van der Waals surface area (Å²) in [6.45, 7) is 2.48. The number of nitrogens with one attached hydrogen (secondary N) is 2. The molecule has 0 unspecified atom stereocenters. The fraction of sp³-hybridized carbons (Fsp3) is 0.583. The molecule has 19 heavy (non-hydrogen) atoms. The molecule has 0 amide bonds. The van der Waals surface area contributed by atoms with Crippen LogP contribution < -0.4 is 11.2 Å². The van der Waals surface area contributed by atoms with Crippen LogP contribution in [0.2, 0.25) is 0 Å². The maximum atomic E-state index is 11.8. The average molecular weight is 264 g/mol. The molecule has 3 rings (SSSR count). The zero-order valence-electron chi connectivity index (χ0n) is 10.6. The lowest BCUT2D eigenvalue weighted by Crippen LogP contribution is -2.30. The van der Waals surface area contributed by atoms with Gasteiger partial charge < -0.3 is 10.1 Å². The second-order valence-corrected chi connectivity index (χ2v) is 5.05. The van der Waals surface area contributed by atoms with Crippen molar-refractivity contribution in [2.24, 2.45) is 0 Å². The minimum Gasteiger partial charge on any atom is -0.393 e. The van der Waals surface area contributed by atoms with Crippen LogP contribution in [-0.2, 0) is 6.54 Å². The first-order valence-electron chi connectivity index (χ1n) is 6.51. The highest BCUT2D eigenvalue weighted by Gasteiger charge is 2.31. The quantitative estimate of drug-likeness (QED) is 0.729. The maximum absolute atomic E-state index is 11.8. The second kappa shape index (κ2) is 4.34. The number of aliphatic hydroxyl groups is 1. The molecule has 3 N–H and O–H groups in total. The topological polar surface area (TPSA) is 104 Å². The van der Waals surface area contributed by atoms with Crippen molar-refractivity contribution in [3.8, 4) is 0 Å². The molecule has 2 aromatic rings. The zero-order chi connectivity index (χ0) is 13.6. The van der Waals surface area contributed by atoms with Gasteiger partial charge in [-0.25, -0.2) is 9.78 Å². The molecule has 0 aromatic carbocycles. The van der Waals surface area contributed by atoms with E-state index in [0.717, 1.165) is 6.42 Å². The summed E-state index contributed by atoms with van der Waals surface area (Å²) in [4.78, 5) is 33.2. The van der Waals surface area contributed by atoms with Crippen molar-refractivity contribution < 1.29 is 5.11 Å². The highest BCUT2D eigenvalue weighted by molar-refractivity contribution is 5.69. The lowest BCUT2D eigenvalue weighted by molar-refractivity contribution is 0.0720. The smallest absolute Gasteiger partial charge is 0.330 e. The molecular formula is C12H16N4O3. The Balaban J connectivity index is 2.15. The van der Waals surface area contributed by atoms with E-state index in [1.807, 2.05) is 6.92 Å². The number of hydrogen-bond donors (Lipinski definition) is 3. The summed E-state index contributed by atoms with van der Waals surface area (Å²) >= 11 is 0. The van der Waals surface area contributed by atoms with E-state index in [2.05, 4.69) is 15.0 Å². The Kier molecular flexibility index (Phi) is 2.78. The van der Waals surface area contributed by atoms with Crippen molar-refractivity contribution in [3.05, 3.63) is 26.7 Å². The van der Waals surface area contributed by atoms with Gasteiger partial charge in [-0.05, 0) is 19.3 Å². The van der Waals surface area contributed by atoms with Crippen LogP contribution >= 0.6 is 0 Å². The summed E-state index contributed by atoms with van der Waals surface area (Å²) in [5.41, 5.74) is -0.117. The van der Waals surface area contributed by atoms with Crippen LogP contribution in [0.4, 0.5) is 0 Å². The van der Waals surface area contributed by atoms with Gasteiger partial charge in [0.1, 0.15) is 11.3 Å². The summed E-state index contributed by atoms with van der Waals surface area (Å²) < 4.78 is 1.48. The van der Waals surface area contributed by atoms with Gasteiger partial charge in [0.25, 0.3) is 5.56 Å². The number of rotatable bonds is 3. The first kappa shape index (κ1) is 12.2. The van der Waals surface area contributed by atoms with Gasteiger partial charge in [0.15, 0.2) is 5.65 Å². The Morgan fingerprint density at radius 1 is 1.37 bits per heavy atom. The van der Waals surface area contributed by atoms with E-state index in [1.54, 1.807) is 0 Å². The summed E-state index contributed by atoms with van der Waals surface area (Å²) in [6.07, 6.45) is 1.80. The van der Waals surface area contributed by atoms with Crippen molar-refractivity contribution >= 4 is 11.2 Å². The van der Waals surface area contributed by atoms with Gasteiger partial charge in [-0.3, -0.25) is 14.3 Å². The summed E-state index contributed by atoms with van der Waals surface area (Å²) in [5.74, 6) is 0.827. The molecule has 0 bridgehead atoms. The number of hydrogen-bond acceptors (Lipinski definition) is 4. The van der Waals surface area contributed by atoms with Gasteiger partial charge >= 0.3 is 5.69 Å². The highest BCUT2D eigenvalue weighted by Crippen LogP contribution is 2.35. The first-order chi connectivity index (χ1) is 9.10. The maximum Gasteiger partial charge on any atom is 0.330 e. The van der Waals surface area contributed by atoms with Gasteiger partial charge in [-0.2, -0.15) is 0 Å². The molecule has 0 saturated heterocycles. The molecule has 1 fully saturated rings. The van der Waals surface area contributed by atoms with Crippen LogP contribution in [0.3, 0.4) is 0 Å². The monoisotopic (exact) mass is 264 g/mol. The molecule has 2 aromatic heterocycles. The Morgan fingerprint density at radius 3 is 2.74 bits per heavy atom. The predicted octanol–water partition coefficient (Wildman–Crippen LogP) is 0.0612. The van der Waals surface area contributed by atoms with Crippen molar-refractivity contribution in [2.75, 3.05) is 0 Å². The standard InChI is InChI=1S/C12H16N4O3/c1-2-3-16-10-8(11(18)15-12(16)19)13-9(14-10)6-4-7(17)5-6/h6-7,17H,2-5H2,1H3,(H,13,14)(H,15,18,19). The molecule has 0 atom stereocenters. The highest BCUT2D eigenvalue weighted by atomic mass is 16.3. The number of aromatic amines is 2. The van der Waals surface area contributed by atoms with E-state index in [9.17, 15) is 14.7 Å². The van der Waals surface area contributed by atoms with Gasteiger partial charge in [-0.1, -0.05) is 6.92 Å². The summed E-state index contributed by atoms with van der Waals surface area (Å²) in [5, 5.41) is 9.33. The lowest BCUT2D eigenvalue weighted by Gasteiger charge is -2.29. The average Bonchev–Trinajstić information content (AvgIpc) is 2.75. The van der Waals surface area contributed by atoms with E-state index in [1.165, 1.54) is 4.57 Å². The summed E-state index contributed by atoms with van der Waals surface area (Å²) in [6, 6.07) is 0. The third-order valence-electron chi connectivity index (χ3n) is 3.60. The normalized spacial score (nSPS) is 22.6. The molecule has 1 saturated carbocycles. The number of imidazole rings is 1. The lowest BCUT2D eigenvalue weighted by atomic mass is 9.82. The number of aliphatic hydroxyl groups excluding tert-OH is 1. The van der Waals surface area contributed by atoms with Gasteiger partial charge in [0.05, 0.1) is 6.10 Å². The summed E-state index contributed by atoms with van der Waals surface area (Å²) in [7, 11) is 0. The Bertz CT molecular complexity index is 721. The van der Waals surface area contributed by atoms with Crippen LogP contribution in [0.1, 0.15) is 37.9 Å². The largest absolute Gasteiger partial charge is 0.393 e. The number of aromatic nitrogens is 4. The molecule has 2 heterocycles. The Labute approximate surface area is 108 Å². The van der Waals surface area contributed by atoms with Crippen molar-refractivity contribution in [1.82, 2.24) is 19.5 Å². The molecule has 0 radical (unpaired) electrons. The van der Waals surface area contributed by atoms with Crippen molar-refractivity contribution in [3.63, 3.8) is 0 Å². The van der Waals surface area contributed by atoms with E-state index in [0.29, 0.717) is 36.4 Å². The Morgan fingerprint density at radius 2 is 2.11 bits per heavy atom. The fourth-order valence-electron chi connectivity index (χ4n) is 2.49. The van der Waals surface area contributed by atoms with Crippen LogP contribution in [0.15, 0.2) is 9.59 Å². The van der Waals surface area contributed by atoms with E-state index in [-0.39, 0.29) is 12.0 Å². The SMILES string of the molecule is CCCn1c(=O)[nH]c(=O)c2[nH]c(C3CC(O)C3)nc21. The molecule has 7 heteroatoms. The third kappa shape index (κ3) is 1.90. The van der Waals surface area contributed by atoms with E-state index < -0.39 is 11.2 Å². The molecule has 102 valence electrons. The predicted molar refractivity (Wildman–Crippen MR) is 69.2 cm³/mol. The molecular weight excluding hydrogens is 248 g/mol. The van der Waals surface area contributed by atoms with E-state index in [4.69, 9.17) is 0 Å². The van der Waals surface area contributed by atoms with E-state index >= 15 is 0 Å². The van der Waals surface area contributed by atoms with Crippen molar-refractivity contribution in [1.29, 1.82) is 0 Å². The van der Waals surface area contributed by atoms with Gasteiger partial charge in [-0.15, -0.1) is 0 Å². The minimum atomic E-state index is -0.439. The number of aryl methyl sites for hydroxylation is 1. The van der Waals surface area contributed by atoms with Crippen LogP contribution in [0, 0.1) is 0 Å². The van der Waals surface area contributed by atoms with Crippen LogP contribution in [0.5, 0.6) is 0 Å². The fourth-order valence-corrected chi connectivity index (χ4v) is 2.49. The van der Waals surface area contributed by atoms with Crippen LogP contribution in [0.25, 0.3) is 11.2 Å². The molecule has 0 spiro atoms. The zero-order valence-corrected chi connectivity index (χ0v) is 10.6. The molecule has 7 nitrogen and oxygen atoms in total. The molecule has 0 aliphatic heterocycles. The molecule has 1 aliphatic carbocycles. The van der Waals surface area contributed by atoms with Crippen LogP contribution in [-0.4, -0.2) is 30.7 Å². The molecule has 1 aliphatic rings. The van der Waals surface area contributed by atoms with Gasteiger partial charge in [0, 0.05) is 12.5 Å². The first-order valence-corrected chi connectivity index (χ1v) is 6.51. The number of nitrogens with zero attached hydrogens (tertiary/aromatic N) is 2. The third-order valence-corrected chi connectivity index (χ3v) is 3.60. The second-order valence-electron chi connectivity index (χ2n) is 5.05. The minimum absolute atomic E-state index is 0.145. The number of fused-ring (bicyclic) bond motifs is 1. The Hall–Kier alpha value is -1.89. The van der Waals surface area contributed by atoms with Crippen molar-refractivity contribution in [2.45, 2.75) is 44.8 Å². The van der Waals surface area contributed by atoms with Gasteiger partial charge in [0.2, 0.25) is 0 Å². The number of H-pyrrole nitrogens is 2.